The molecular formula is C18H24N2O3. The first-order chi connectivity index (χ1) is 11.1. The number of hydrogen-bond donors (Lipinski definition) is 0. The van der Waals surface area contributed by atoms with Gasteiger partial charge in [-0.05, 0) is 49.9 Å². The van der Waals surface area contributed by atoms with Crippen LogP contribution in [0.15, 0.2) is 24.3 Å². The molecule has 124 valence electrons. The summed E-state index contributed by atoms with van der Waals surface area (Å²) in [4.78, 5) is 28.7. The molecule has 1 atom stereocenters. The maximum Gasteiger partial charge on any atom is 0.253 e. The molecule has 0 aliphatic carbocycles. The Morgan fingerprint density at radius 1 is 1.17 bits per heavy atom. The molecule has 1 spiro atoms. The molecule has 5 heteroatoms. The minimum absolute atomic E-state index is 0.0400. The summed E-state index contributed by atoms with van der Waals surface area (Å²) in [6.45, 7) is 1.40. The smallest absolute Gasteiger partial charge is 0.253 e. The molecule has 0 unspecified atom stereocenters. The fraction of sp³-hybridized carbons (Fsp3) is 0.556. The molecule has 0 bridgehead atoms. The van der Waals surface area contributed by atoms with Crippen LogP contribution >= 0.6 is 0 Å². The van der Waals surface area contributed by atoms with Gasteiger partial charge >= 0.3 is 0 Å². The molecule has 5 nitrogen and oxygen atoms in total. The van der Waals surface area contributed by atoms with E-state index in [9.17, 15) is 9.59 Å². The highest BCUT2D eigenvalue weighted by atomic mass is 16.5. The first-order valence-corrected chi connectivity index (χ1v) is 8.26. The molecule has 2 fully saturated rings. The lowest BCUT2D eigenvalue weighted by atomic mass is 9.80. The molecular weight excluding hydrogens is 292 g/mol. The SMILES string of the molecule is COc1ccc(C(=O)N2CCC[C@]3(CCCC(=O)N3C)C2)cc1. The Kier molecular flexibility index (Phi) is 4.28. The second-order valence-electron chi connectivity index (χ2n) is 6.59. The second kappa shape index (κ2) is 6.22. The summed E-state index contributed by atoms with van der Waals surface area (Å²) in [5.41, 5.74) is 0.503. The van der Waals surface area contributed by atoms with E-state index in [0.717, 1.165) is 38.0 Å². The average molecular weight is 316 g/mol. The molecule has 2 aliphatic rings. The van der Waals surface area contributed by atoms with Crippen molar-refractivity contribution in [2.24, 2.45) is 0 Å². The van der Waals surface area contributed by atoms with Gasteiger partial charge in [-0.3, -0.25) is 9.59 Å². The summed E-state index contributed by atoms with van der Waals surface area (Å²) in [7, 11) is 3.50. The highest BCUT2D eigenvalue weighted by molar-refractivity contribution is 5.94. The third-order valence-corrected chi connectivity index (χ3v) is 5.30. The standard InChI is InChI=1S/C18H24N2O3/c1-19-16(21)5-3-10-18(19)11-4-12-20(13-18)17(22)14-6-8-15(23-2)9-7-14/h6-9H,3-5,10-13H2,1-2H3/t18-/m1/s1. The predicted molar refractivity (Wildman–Crippen MR) is 87.5 cm³/mol. The number of piperidine rings is 2. The summed E-state index contributed by atoms with van der Waals surface area (Å²) < 4.78 is 5.14. The van der Waals surface area contributed by atoms with Crippen molar-refractivity contribution in [2.45, 2.75) is 37.6 Å². The summed E-state index contributed by atoms with van der Waals surface area (Å²) in [6, 6.07) is 7.22. The van der Waals surface area contributed by atoms with Crippen molar-refractivity contribution in [2.75, 3.05) is 27.2 Å². The highest BCUT2D eigenvalue weighted by Gasteiger charge is 2.44. The lowest BCUT2D eigenvalue weighted by molar-refractivity contribution is -0.142. The number of methoxy groups -OCH3 is 1. The van der Waals surface area contributed by atoms with E-state index in [4.69, 9.17) is 4.74 Å². The Morgan fingerprint density at radius 3 is 2.57 bits per heavy atom. The number of amides is 2. The third-order valence-electron chi connectivity index (χ3n) is 5.30. The Bertz CT molecular complexity index is 595. The number of nitrogens with zero attached hydrogens (tertiary/aromatic N) is 2. The molecule has 2 saturated heterocycles. The number of carbonyl (C=O) groups excluding carboxylic acids is 2. The van der Waals surface area contributed by atoms with E-state index in [1.54, 1.807) is 19.2 Å². The van der Waals surface area contributed by atoms with Crippen molar-refractivity contribution in [1.29, 1.82) is 0 Å². The molecule has 2 amide bonds. The van der Waals surface area contributed by atoms with Gasteiger partial charge in [0.15, 0.2) is 0 Å². The van der Waals surface area contributed by atoms with Crippen molar-refractivity contribution < 1.29 is 14.3 Å². The normalized spacial score (nSPS) is 24.9. The van der Waals surface area contributed by atoms with Crippen LogP contribution in [0.1, 0.15) is 42.5 Å². The van der Waals surface area contributed by atoms with E-state index in [0.29, 0.717) is 18.5 Å². The lowest BCUT2D eigenvalue weighted by Gasteiger charge is -2.50. The molecule has 1 aromatic rings. The number of carbonyl (C=O) groups is 2. The average Bonchev–Trinajstić information content (AvgIpc) is 2.59. The van der Waals surface area contributed by atoms with Crippen molar-refractivity contribution in [3.8, 4) is 5.75 Å². The van der Waals surface area contributed by atoms with Crippen LogP contribution in [0.25, 0.3) is 0 Å². The zero-order valence-electron chi connectivity index (χ0n) is 13.9. The van der Waals surface area contributed by atoms with Gasteiger partial charge in [0.1, 0.15) is 5.75 Å². The van der Waals surface area contributed by atoms with Gasteiger partial charge in [0.25, 0.3) is 5.91 Å². The van der Waals surface area contributed by atoms with Crippen molar-refractivity contribution in [1.82, 2.24) is 9.80 Å². The molecule has 1 aromatic carbocycles. The van der Waals surface area contributed by atoms with Crippen LogP contribution in [-0.4, -0.2) is 54.4 Å². The predicted octanol–water partition coefficient (Wildman–Crippen LogP) is 2.31. The van der Waals surface area contributed by atoms with Crippen LogP contribution in [-0.2, 0) is 4.79 Å². The molecule has 3 rings (SSSR count). The Morgan fingerprint density at radius 2 is 1.87 bits per heavy atom. The fourth-order valence-electron chi connectivity index (χ4n) is 3.85. The third kappa shape index (κ3) is 2.92. The van der Waals surface area contributed by atoms with Crippen LogP contribution < -0.4 is 4.74 Å². The molecule has 0 radical (unpaired) electrons. The highest BCUT2D eigenvalue weighted by Crippen LogP contribution is 2.36. The van der Waals surface area contributed by atoms with E-state index in [2.05, 4.69) is 0 Å². The van der Waals surface area contributed by atoms with Crippen LogP contribution in [0.5, 0.6) is 5.75 Å². The molecule has 0 saturated carbocycles. The molecule has 2 aliphatic heterocycles. The van der Waals surface area contributed by atoms with E-state index >= 15 is 0 Å². The fourth-order valence-corrected chi connectivity index (χ4v) is 3.85. The van der Waals surface area contributed by atoms with Crippen molar-refractivity contribution in [3.63, 3.8) is 0 Å². The quantitative estimate of drug-likeness (QED) is 0.841. The Balaban J connectivity index is 1.77. The second-order valence-corrected chi connectivity index (χ2v) is 6.59. The minimum atomic E-state index is -0.171. The maximum atomic E-state index is 12.8. The number of benzene rings is 1. The van der Waals surface area contributed by atoms with Gasteiger partial charge in [-0.2, -0.15) is 0 Å². The van der Waals surface area contributed by atoms with E-state index in [1.165, 1.54) is 0 Å². The molecule has 2 heterocycles. The van der Waals surface area contributed by atoms with Gasteiger partial charge < -0.3 is 14.5 Å². The van der Waals surface area contributed by atoms with Gasteiger partial charge in [-0.15, -0.1) is 0 Å². The molecule has 23 heavy (non-hydrogen) atoms. The number of rotatable bonds is 2. The van der Waals surface area contributed by atoms with Crippen LogP contribution in [0, 0.1) is 0 Å². The van der Waals surface area contributed by atoms with Gasteiger partial charge in [0.2, 0.25) is 5.91 Å². The molecule has 0 N–H and O–H groups in total. The van der Waals surface area contributed by atoms with Crippen LogP contribution in [0.4, 0.5) is 0 Å². The van der Waals surface area contributed by atoms with Crippen molar-refractivity contribution >= 4 is 11.8 Å². The zero-order valence-corrected chi connectivity index (χ0v) is 13.9. The minimum Gasteiger partial charge on any atom is -0.497 e. The monoisotopic (exact) mass is 316 g/mol. The summed E-state index contributed by atoms with van der Waals surface area (Å²) >= 11 is 0. The number of hydrogen-bond acceptors (Lipinski definition) is 3. The van der Waals surface area contributed by atoms with Gasteiger partial charge in [-0.25, -0.2) is 0 Å². The Labute approximate surface area is 137 Å². The van der Waals surface area contributed by atoms with E-state index in [-0.39, 0.29) is 17.4 Å². The van der Waals surface area contributed by atoms with E-state index < -0.39 is 0 Å². The van der Waals surface area contributed by atoms with Crippen molar-refractivity contribution in [3.05, 3.63) is 29.8 Å². The van der Waals surface area contributed by atoms with Gasteiger partial charge in [-0.1, -0.05) is 0 Å². The van der Waals surface area contributed by atoms with Crippen LogP contribution in [0.3, 0.4) is 0 Å². The first-order valence-electron chi connectivity index (χ1n) is 8.26. The number of ether oxygens (including phenoxy) is 1. The van der Waals surface area contributed by atoms with Gasteiger partial charge in [0.05, 0.1) is 12.6 Å². The zero-order chi connectivity index (χ0) is 16.4. The largest absolute Gasteiger partial charge is 0.497 e. The molecule has 0 aromatic heterocycles. The maximum absolute atomic E-state index is 12.8. The topological polar surface area (TPSA) is 49.9 Å². The summed E-state index contributed by atoms with van der Waals surface area (Å²) in [5.74, 6) is 0.988. The van der Waals surface area contributed by atoms with E-state index in [1.807, 2.05) is 29.0 Å². The number of likely N-dealkylation sites (N-methyl/N-ethyl adjacent to an activating group) is 1. The summed E-state index contributed by atoms with van der Waals surface area (Å²) in [6.07, 6.45) is 4.47. The summed E-state index contributed by atoms with van der Waals surface area (Å²) in [5, 5.41) is 0. The first kappa shape index (κ1) is 15.8. The Hall–Kier alpha value is -2.04. The van der Waals surface area contributed by atoms with Crippen LogP contribution in [0.2, 0.25) is 0 Å². The number of likely N-dealkylation sites (tertiary alicyclic amines) is 2. The lowest BCUT2D eigenvalue weighted by Crippen LogP contribution is -2.61. The van der Waals surface area contributed by atoms with Gasteiger partial charge in [0, 0.05) is 32.1 Å².